The molecule has 0 saturated carbocycles. The molecule has 0 atom stereocenters. The molecule has 0 saturated heterocycles. The Kier molecular flexibility index (Phi) is 2.07. The molecule has 88 valence electrons. The fourth-order valence-corrected chi connectivity index (χ4v) is 2.68. The molecule has 3 rings (SSSR count). The molecule has 1 heterocycles. The molecule has 0 radical (unpaired) electrons. The minimum atomic E-state index is -0.359. The average molecular weight is 231 g/mol. The smallest absolute Gasteiger partial charge is 0.270 e. The first-order chi connectivity index (χ1) is 8.18. The van der Waals surface area contributed by atoms with Crippen LogP contribution in [0.1, 0.15) is 24.1 Å². The molecule has 0 bridgehead atoms. The lowest BCUT2D eigenvalue weighted by Gasteiger charge is -2.12. The second-order valence-electron chi connectivity index (χ2n) is 4.46. The van der Waals surface area contributed by atoms with E-state index in [0.717, 1.165) is 42.3 Å². The summed E-state index contributed by atoms with van der Waals surface area (Å²) in [6.07, 6.45) is 4.21. The van der Waals surface area contributed by atoms with Crippen molar-refractivity contribution < 1.29 is 4.92 Å². The zero-order valence-electron chi connectivity index (χ0n) is 9.35. The maximum absolute atomic E-state index is 10.8. The van der Waals surface area contributed by atoms with Gasteiger partial charge in [0.2, 0.25) is 0 Å². The number of rotatable bonds is 1. The van der Waals surface area contributed by atoms with Gasteiger partial charge in [0.25, 0.3) is 5.69 Å². The van der Waals surface area contributed by atoms with E-state index < -0.39 is 0 Å². The predicted octanol–water partition coefficient (Wildman–Crippen LogP) is 2.14. The van der Waals surface area contributed by atoms with Crippen molar-refractivity contribution >= 4 is 16.6 Å². The molecule has 1 aromatic carbocycles. The monoisotopic (exact) mass is 231 g/mol. The number of nitrogens with two attached hydrogens (primary N) is 1. The van der Waals surface area contributed by atoms with Crippen LogP contribution in [0.15, 0.2) is 18.2 Å². The minimum absolute atomic E-state index is 0.136. The third kappa shape index (κ3) is 1.39. The van der Waals surface area contributed by atoms with E-state index in [1.807, 2.05) is 0 Å². The summed E-state index contributed by atoms with van der Waals surface area (Å²) in [6.45, 7) is 0. The summed E-state index contributed by atoms with van der Waals surface area (Å²) < 4.78 is 1.69. The fourth-order valence-electron chi connectivity index (χ4n) is 2.68. The zero-order valence-corrected chi connectivity index (χ0v) is 9.35. The zero-order chi connectivity index (χ0) is 12.0. The van der Waals surface area contributed by atoms with Gasteiger partial charge in [-0.15, -0.1) is 0 Å². The lowest BCUT2D eigenvalue weighted by atomic mass is 9.95. The Hall–Kier alpha value is -2.04. The number of hydrogen-bond acceptors (Lipinski definition) is 3. The molecular formula is C12H13N3O2. The number of non-ortho nitro benzene ring substituents is 1. The molecule has 1 aliphatic carbocycles. The van der Waals surface area contributed by atoms with Crippen molar-refractivity contribution in [3.8, 4) is 0 Å². The minimum Gasteiger partial charge on any atom is -0.339 e. The number of hydrogen-bond donors (Lipinski definition) is 1. The second kappa shape index (κ2) is 3.48. The number of aromatic nitrogens is 1. The van der Waals surface area contributed by atoms with Gasteiger partial charge in [0, 0.05) is 23.2 Å². The molecule has 2 aromatic rings. The van der Waals surface area contributed by atoms with Crippen LogP contribution in [0.5, 0.6) is 0 Å². The molecule has 1 aliphatic rings. The number of nitro groups is 1. The molecule has 0 aliphatic heterocycles. The Bertz CT molecular complexity index is 616. The lowest BCUT2D eigenvalue weighted by molar-refractivity contribution is -0.384. The highest BCUT2D eigenvalue weighted by molar-refractivity contribution is 5.87. The Morgan fingerprint density at radius 2 is 2.06 bits per heavy atom. The molecule has 5 nitrogen and oxygen atoms in total. The summed E-state index contributed by atoms with van der Waals surface area (Å²) >= 11 is 0. The van der Waals surface area contributed by atoms with E-state index in [4.69, 9.17) is 5.84 Å². The van der Waals surface area contributed by atoms with Gasteiger partial charge in [0.05, 0.1) is 10.4 Å². The van der Waals surface area contributed by atoms with Gasteiger partial charge >= 0.3 is 0 Å². The summed E-state index contributed by atoms with van der Waals surface area (Å²) in [7, 11) is 0. The van der Waals surface area contributed by atoms with Gasteiger partial charge < -0.3 is 5.84 Å². The maximum atomic E-state index is 10.8. The van der Waals surface area contributed by atoms with Crippen molar-refractivity contribution in [1.82, 2.24) is 4.68 Å². The van der Waals surface area contributed by atoms with Crippen molar-refractivity contribution in [2.45, 2.75) is 25.7 Å². The molecule has 5 heteroatoms. The Morgan fingerprint density at radius 3 is 2.82 bits per heavy atom. The number of benzene rings is 1. The van der Waals surface area contributed by atoms with Gasteiger partial charge in [-0.25, -0.2) is 0 Å². The normalized spacial score (nSPS) is 14.8. The van der Waals surface area contributed by atoms with Crippen LogP contribution in [0, 0.1) is 10.1 Å². The van der Waals surface area contributed by atoms with Crippen LogP contribution in [0.3, 0.4) is 0 Å². The van der Waals surface area contributed by atoms with Crippen molar-refractivity contribution in [2.24, 2.45) is 0 Å². The SMILES string of the molecule is Nn1c2c(c3cc([N+](=O)[O-])ccc31)CCCC2. The van der Waals surface area contributed by atoms with Crippen LogP contribution in [0.25, 0.3) is 10.9 Å². The molecule has 0 spiro atoms. The van der Waals surface area contributed by atoms with Gasteiger partial charge in [-0.05, 0) is 37.3 Å². The first kappa shape index (κ1) is 10.1. The quantitative estimate of drug-likeness (QED) is 0.464. The van der Waals surface area contributed by atoms with Crippen LogP contribution < -0.4 is 5.84 Å². The largest absolute Gasteiger partial charge is 0.339 e. The van der Waals surface area contributed by atoms with Crippen LogP contribution in [0.4, 0.5) is 5.69 Å². The average Bonchev–Trinajstić information content (AvgIpc) is 2.64. The van der Waals surface area contributed by atoms with Crippen molar-refractivity contribution in [3.05, 3.63) is 39.6 Å². The fraction of sp³-hybridized carbons (Fsp3) is 0.333. The molecule has 1 aromatic heterocycles. The standard InChI is InChI=1S/C12H13N3O2/c13-14-11-4-2-1-3-9(11)10-7-8(15(16)17)5-6-12(10)14/h5-7H,1-4,13H2. The number of nitrogen functional groups attached to an aromatic ring is 1. The second-order valence-corrected chi connectivity index (χ2v) is 4.46. The maximum Gasteiger partial charge on any atom is 0.270 e. The molecule has 2 N–H and O–H groups in total. The summed E-state index contributed by atoms with van der Waals surface area (Å²) in [6, 6.07) is 4.89. The number of fused-ring (bicyclic) bond motifs is 3. The molecule has 0 unspecified atom stereocenters. The number of nitro benzene ring substituents is 1. The van der Waals surface area contributed by atoms with Crippen molar-refractivity contribution in [1.29, 1.82) is 0 Å². The van der Waals surface area contributed by atoms with E-state index in [2.05, 4.69) is 0 Å². The number of aryl methyl sites for hydroxylation is 1. The van der Waals surface area contributed by atoms with E-state index in [1.165, 1.54) is 11.6 Å². The topological polar surface area (TPSA) is 74.1 Å². The molecule has 0 amide bonds. The van der Waals surface area contributed by atoms with Gasteiger partial charge in [-0.3, -0.25) is 14.8 Å². The Balaban J connectivity index is 2.32. The molecule has 17 heavy (non-hydrogen) atoms. The highest BCUT2D eigenvalue weighted by atomic mass is 16.6. The van der Waals surface area contributed by atoms with Gasteiger partial charge in [-0.2, -0.15) is 0 Å². The Morgan fingerprint density at radius 1 is 1.29 bits per heavy atom. The first-order valence-electron chi connectivity index (χ1n) is 5.74. The van der Waals surface area contributed by atoms with Gasteiger partial charge in [-0.1, -0.05) is 0 Å². The van der Waals surface area contributed by atoms with E-state index in [9.17, 15) is 10.1 Å². The van der Waals surface area contributed by atoms with Crippen LogP contribution in [0.2, 0.25) is 0 Å². The van der Waals surface area contributed by atoms with E-state index >= 15 is 0 Å². The van der Waals surface area contributed by atoms with Gasteiger partial charge in [0.1, 0.15) is 0 Å². The van der Waals surface area contributed by atoms with E-state index in [0.29, 0.717) is 0 Å². The number of nitrogens with zero attached hydrogens (tertiary/aromatic N) is 2. The van der Waals surface area contributed by atoms with Crippen molar-refractivity contribution in [2.75, 3.05) is 5.84 Å². The van der Waals surface area contributed by atoms with Crippen LogP contribution in [-0.2, 0) is 12.8 Å². The molecular weight excluding hydrogens is 218 g/mol. The van der Waals surface area contributed by atoms with E-state index in [-0.39, 0.29) is 10.6 Å². The van der Waals surface area contributed by atoms with Gasteiger partial charge in [0.15, 0.2) is 0 Å². The van der Waals surface area contributed by atoms with E-state index in [1.54, 1.807) is 16.8 Å². The highest BCUT2D eigenvalue weighted by Crippen LogP contribution is 2.32. The van der Waals surface area contributed by atoms with Crippen molar-refractivity contribution in [3.63, 3.8) is 0 Å². The Labute approximate surface area is 97.9 Å². The summed E-state index contributed by atoms with van der Waals surface area (Å²) in [5, 5.41) is 11.7. The lowest BCUT2D eigenvalue weighted by Crippen LogP contribution is -2.14. The molecule has 0 fully saturated rings. The summed E-state index contributed by atoms with van der Waals surface area (Å²) in [5.41, 5.74) is 3.35. The summed E-state index contributed by atoms with van der Waals surface area (Å²) in [5.74, 6) is 6.03. The summed E-state index contributed by atoms with van der Waals surface area (Å²) in [4.78, 5) is 10.4. The first-order valence-corrected chi connectivity index (χ1v) is 5.74. The predicted molar refractivity (Wildman–Crippen MR) is 65.4 cm³/mol. The van der Waals surface area contributed by atoms with Crippen LogP contribution >= 0.6 is 0 Å². The highest BCUT2D eigenvalue weighted by Gasteiger charge is 2.20. The third-order valence-corrected chi connectivity index (χ3v) is 3.51. The van der Waals surface area contributed by atoms with Crippen LogP contribution in [-0.4, -0.2) is 9.60 Å². The third-order valence-electron chi connectivity index (χ3n) is 3.51.